The lowest BCUT2D eigenvalue weighted by Gasteiger charge is -2.22. The fourth-order valence-electron chi connectivity index (χ4n) is 2.01. The molecule has 17 heavy (non-hydrogen) atoms. The molecule has 0 saturated heterocycles. The van der Waals surface area contributed by atoms with E-state index in [1.54, 1.807) is 11.9 Å². The van der Waals surface area contributed by atoms with Gasteiger partial charge in [-0.05, 0) is 38.0 Å². The van der Waals surface area contributed by atoms with Gasteiger partial charge in [-0.15, -0.1) is 0 Å². The van der Waals surface area contributed by atoms with E-state index in [0.717, 1.165) is 19.3 Å². The molecular weight excluding hydrogens is 216 g/mol. The van der Waals surface area contributed by atoms with Crippen molar-refractivity contribution >= 4 is 6.09 Å². The number of carbonyl (C=O) groups is 1. The van der Waals surface area contributed by atoms with E-state index in [4.69, 9.17) is 10.5 Å². The van der Waals surface area contributed by atoms with Gasteiger partial charge in [-0.25, -0.2) is 4.79 Å². The van der Waals surface area contributed by atoms with Crippen molar-refractivity contribution in [3.05, 3.63) is 0 Å². The lowest BCUT2D eigenvalue weighted by molar-refractivity contribution is 0.0710. The van der Waals surface area contributed by atoms with Crippen LogP contribution in [-0.4, -0.2) is 36.7 Å². The Morgan fingerprint density at radius 1 is 1.41 bits per heavy atom. The maximum atomic E-state index is 11.7. The number of ether oxygens (including phenoxy) is 1. The third-order valence-corrected chi connectivity index (χ3v) is 3.54. The maximum Gasteiger partial charge on any atom is 0.409 e. The molecule has 100 valence electrons. The predicted molar refractivity (Wildman–Crippen MR) is 68.8 cm³/mol. The average Bonchev–Trinajstić information content (AvgIpc) is 2.77. The lowest BCUT2D eigenvalue weighted by atomic mass is 10.0. The Morgan fingerprint density at radius 3 is 2.53 bits per heavy atom. The van der Waals surface area contributed by atoms with Gasteiger partial charge >= 0.3 is 6.09 Å². The van der Waals surface area contributed by atoms with Crippen molar-refractivity contribution in [2.24, 2.45) is 11.7 Å². The van der Waals surface area contributed by atoms with Crippen LogP contribution in [-0.2, 0) is 4.74 Å². The van der Waals surface area contributed by atoms with Gasteiger partial charge < -0.3 is 15.4 Å². The van der Waals surface area contributed by atoms with Gasteiger partial charge in [-0.3, -0.25) is 0 Å². The van der Waals surface area contributed by atoms with Crippen LogP contribution in [0.15, 0.2) is 0 Å². The zero-order valence-electron chi connectivity index (χ0n) is 11.3. The number of hydrogen-bond acceptors (Lipinski definition) is 3. The van der Waals surface area contributed by atoms with Gasteiger partial charge in [0.25, 0.3) is 0 Å². The summed E-state index contributed by atoms with van der Waals surface area (Å²) in [4.78, 5) is 13.4. The smallest absolute Gasteiger partial charge is 0.409 e. The fourth-order valence-corrected chi connectivity index (χ4v) is 2.01. The molecule has 0 aromatic rings. The first kappa shape index (κ1) is 14.3. The van der Waals surface area contributed by atoms with Gasteiger partial charge in [0.1, 0.15) is 6.10 Å². The van der Waals surface area contributed by atoms with E-state index in [1.165, 1.54) is 12.8 Å². The minimum Gasteiger partial charge on any atom is -0.446 e. The highest BCUT2D eigenvalue weighted by Gasteiger charge is 2.21. The molecule has 1 saturated carbocycles. The Bertz CT molecular complexity index is 238. The van der Waals surface area contributed by atoms with Crippen molar-refractivity contribution in [2.45, 2.75) is 58.1 Å². The summed E-state index contributed by atoms with van der Waals surface area (Å²) >= 11 is 0. The second-order valence-electron chi connectivity index (χ2n) is 5.41. The lowest BCUT2D eigenvalue weighted by Crippen LogP contribution is -2.36. The minimum absolute atomic E-state index is 0.142. The Balaban J connectivity index is 2.21. The standard InChI is InChI=1S/C13H26N2O2/c1-10(2)12(14)8-9-15(3)13(16)17-11-6-4-5-7-11/h10-12H,4-9,14H2,1-3H3. The van der Waals surface area contributed by atoms with E-state index in [9.17, 15) is 4.79 Å². The molecule has 2 N–H and O–H groups in total. The van der Waals surface area contributed by atoms with Crippen LogP contribution in [0.3, 0.4) is 0 Å². The summed E-state index contributed by atoms with van der Waals surface area (Å²) in [5.41, 5.74) is 5.95. The van der Waals surface area contributed by atoms with Crippen LogP contribution < -0.4 is 5.73 Å². The van der Waals surface area contributed by atoms with Gasteiger partial charge in [0.05, 0.1) is 0 Å². The molecule has 0 aromatic heterocycles. The third-order valence-electron chi connectivity index (χ3n) is 3.54. The summed E-state index contributed by atoms with van der Waals surface area (Å²) in [6, 6.07) is 0.150. The van der Waals surface area contributed by atoms with Crippen molar-refractivity contribution in [2.75, 3.05) is 13.6 Å². The molecular formula is C13H26N2O2. The minimum atomic E-state index is -0.201. The largest absolute Gasteiger partial charge is 0.446 e. The molecule has 0 bridgehead atoms. The zero-order chi connectivity index (χ0) is 12.8. The third kappa shape index (κ3) is 4.94. The number of carbonyl (C=O) groups excluding carboxylic acids is 1. The highest BCUT2D eigenvalue weighted by molar-refractivity contribution is 5.67. The summed E-state index contributed by atoms with van der Waals surface area (Å²) in [6.07, 6.45) is 5.17. The molecule has 0 heterocycles. The van der Waals surface area contributed by atoms with Crippen molar-refractivity contribution < 1.29 is 9.53 Å². The van der Waals surface area contributed by atoms with E-state index in [-0.39, 0.29) is 18.2 Å². The Kier molecular flexibility index (Phi) is 5.75. The Morgan fingerprint density at radius 2 is 2.00 bits per heavy atom. The highest BCUT2D eigenvalue weighted by atomic mass is 16.6. The second kappa shape index (κ2) is 6.84. The van der Waals surface area contributed by atoms with Crippen molar-refractivity contribution in [3.8, 4) is 0 Å². The maximum absolute atomic E-state index is 11.7. The van der Waals surface area contributed by atoms with Crippen molar-refractivity contribution in [3.63, 3.8) is 0 Å². The summed E-state index contributed by atoms with van der Waals surface area (Å²) in [6.45, 7) is 4.87. The molecule has 0 radical (unpaired) electrons. The van der Waals surface area contributed by atoms with Gasteiger partial charge in [-0.1, -0.05) is 13.8 Å². The van der Waals surface area contributed by atoms with Crippen molar-refractivity contribution in [1.29, 1.82) is 0 Å². The van der Waals surface area contributed by atoms with Crippen LogP contribution in [0.1, 0.15) is 46.0 Å². The SMILES string of the molecule is CC(C)C(N)CCN(C)C(=O)OC1CCCC1. The highest BCUT2D eigenvalue weighted by Crippen LogP contribution is 2.21. The molecule has 1 amide bonds. The molecule has 4 nitrogen and oxygen atoms in total. The van der Waals surface area contributed by atoms with Gasteiger partial charge in [-0.2, -0.15) is 0 Å². The molecule has 0 aromatic carbocycles. The summed E-state index contributed by atoms with van der Waals surface area (Å²) in [5.74, 6) is 0.453. The molecule has 1 aliphatic carbocycles. The normalized spacial score (nSPS) is 18.4. The number of amides is 1. The number of nitrogens with zero attached hydrogens (tertiary/aromatic N) is 1. The summed E-state index contributed by atoms with van der Waals surface area (Å²) in [5, 5.41) is 0. The summed E-state index contributed by atoms with van der Waals surface area (Å²) < 4.78 is 5.41. The molecule has 1 unspecified atom stereocenters. The topological polar surface area (TPSA) is 55.6 Å². The number of nitrogens with two attached hydrogens (primary N) is 1. The Hall–Kier alpha value is -0.770. The van der Waals surface area contributed by atoms with E-state index < -0.39 is 0 Å². The zero-order valence-corrected chi connectivity index (χ0v) is 11.3. The average molecular weight is 242 g/mol. The predicted octanol–water partition coefficient (Wildman–Crippen LogP) is 2.37. The van der Waals surface area contributed by atoms with Crippen LogP contribution in [0.25, 0.3) is 0 Å². The first-order valence-corrected chi connectivity index (χ1v) is 6.68. The molecule has 1 fully saturated rings. The van der Waals surface area contributed by atoms with Crippen LogP contribution in [0.2, 0.25) is 0 Å². The monoisotopic (exact) mass is 242 g/mol. The van der Waals surface area contributed by atoms with E-state index in [0.29, 0.717) is 12.5 Å². The Labute approximate surface area is 104 Å². The molecule has 0 aliphatic heterocycles. The first-order chi connectivity index (χ1) is 8.00. The van der Waals surface area contributed by atoms with Crippen molar-refractivity contribution in [1.82, 2.24) is 4.90 Å². The molecule has 1 atom stereocenters. The van der Waals surface area contributed by atoms with E-state index >= 15 is 0 Å². The molecule has 1 aliphatic rings. The van der Waals surface area contributed by atoms with Crippen LogP contribution in [0.4, 0.5) is 4.79 Å². The van der Waals surface area contributed by atoms with Gasteiger partial charge in [0, 0.05) is 19.6 Å². The van der Waals surface area contributed by atoms with E-state index in [1.807, 2.05) is 0 Å². The van der Waals surface area contributed by atoms with Crippen LogP contribution >= 0.6 is 0 Å². The number of hydrogen-bond donors (Lipinski definition) is 1. The van der Waals surface area contributed by atoms with Crippen LogP contribution in [0.5, 0.6) is 0 Å². The van der Waals surface area contributed by atoms with E-state index in [2.05, 4.69) is 13.8 Å². The van der Waals surface area contributed by atoms with Crippen LogP contribution in [0, 0.1) is 5.92 Å². The number of rotatable bonds is 5. The quantitative estimate of drug-likeness (QED) is 0.805. The molecule has 1 rings (SSSR count). The van der Waals surface area contributed by atoms with Gasteiger partial charge in [0.2, 0.25) is 0 Å². The van der Waals surface area contributed by atoms with Gasteiger partial charge in [0.15, 0.2) is 0 Å². The molecule has 0 spiro atoms. The summed E-state index contributed by atoms with van der Waals surface area (Å²) in [7, 11) is 1.78. The second-order valence-corrected chi connectivity index (χ2v) is 5.41. The molecule has 4 heteroatoms. The fraction of sp³-hybridized carbons (Fsp3) is 0.923. The first-order valence-electron chi connectivity index (χ1n) is 6.68.